The SMILES string of the molecule is CC(=O)c1cccc(NC(=O)CN2CCCN(Cc3ccc(C#N)cc3)CC2)c1. The zero-order valence-corrected chi connectivity index (χ0v) is 16.7. The first kappa shape index (κ1) is 20.7. The van der Waals surface area contributed by atoms with Crippen LogP contribution < -0.4 is 5.32 Å². The quantitative estimate of drug-likeness (QED) is 0.768. The van der Waals surface area contributed by atoms with Gasteiger partial charge < -0.3 is 5.32 Å². The van der Waals surface area contributed by atoms with Crippen LogP contribution in [0.25, 0.3) is 0 Å². The first-order chi connectivity index (χ1) is 14.0. The van der Waals surface area contributed by atoms with Gasteiger partial charge in [0.15, 0.2) is 5.78 Å². The lowest BCUT2D eigenvalue weighted by Crippen LogP contribution is -2.36. The number of nitrogens with one attached hydrogen (secondary N) is 1. The number of nitriles is 1. The second-order valence-corrected chi connectivity index (χ2v) is 7.40. The summed E-state index contributed by atoms with van der Waals surface area (Å²) in [5, 5.41) is 11.8. The molecule has 1 N–H and O–H groups in total. The minimum Gasteiger partial charge on any atom is -0.325 e. The highest BCUT2D eigenvalue weighted by Gasteiger charge is 2.17. The number of carbonyl (C=O) groups is 2. The third kappa shape index (κ3) is 6.24. The molecule has 0 bridgehead atoms. The number of hydrogen-bond acceptors (Lipinski definition) is 5. The van der Waals surface area contributed by atoms with Gasteiger partial charge in [-0.1, -0.05) is 24.3 Å². The Hall–Kier alpha value is -3.01. The summed E-state index contributed by atoms with van der Waals surface area (Å²) in [6, 6.07) is 16.9. The van der Waals surface area contributed by atoms with Gasteiger partial charge in [-0.15, -0.1) is 0 Å². The molecule has 0 saturated carbocycles. The number of amides is 1. The Kier molecular flexibility index (Phi) is 7.12. The Balaban J connectivity index is 1.49. The van der Waals surface area contributed by atoms with Crippen molar-refractivity contribution in [2.75, 3.05) is 38.0 Å². The summed E-state index contributed by atoms with van der Waals surface area (Å²) in [6.45, 7) is 6.30. The molecule has 0 unspecified atom stereocenters. The van der Waals surface area contributed by atoms with Crippen LogP contribution in [0.4, 0.5) is 5.69 Å². The molecule has 0 aromatic heterocycles. The lowest BCUT2D eigenvalue weighted by atomic mass is 10.1. The van der Waals surface area contributed by atoms with Crippen molar-refractivity contribution in [3.8, 4) is 6.07 Å². The molecule has 0 spiro atoms. The summed E-state index contributed by atoms with van der Waals surface area (Å²) in [7, 11) is 0. The van der Waals surface area contributed by atoms with Crippen molar-refractivity contribution in [2.24, 2.45) is 0 Å². The van der Waals surface area contributed by atoms with Crippen LogP contribution in [0.1, 0.15) is 34.8 Å². The largest absolute Gasteiger partial charge is 0.325 e. The molecule has 0 aliphatic carbocycles. The number of carbonyl (C=O) groups excluding carboxylic acids is 2. The van der Waals surface area contributed by atoms with Gasteiger partial charge in [0, 0.05) is 30.9 Å². The molecule has 3 rings (SSSR count). The molecule has 0 radical (unpaired) electrons. The molecule has 150 valence electrons. The Morgan fingerprint density at radius 2 is 1.76 bits per heavy atom. The van der Waals surface area contributed by atoms with Crippen molar-refractivity contribution >= 4 is 17.4 Å². The predicted molar refractivity (Wildman–Crippen MR) is 113 cm³/mol. The van der Waals surface area contributed by atoms with Crippen molar-refractivity contribution in [3.05, 3.63) is 65.2 Å². The fraction of sp³-hybridized carbons (Fsp3) is 0.348. The number of ketones is 1. The van der Waals surface area contributed by atoms with E-state index in [1.54, 1.807) is 24.3 Å². The number of Topliss-reactive ketones (excluding diaryl/α,β-unsaturated/α-hetero) is 1. The van der Waals surface area contributed by atoms with Gasteiger partial charge in [-0.3, -0.25) is 19.4 Å². The molecule has 6 nitrogen and oxygen atoms in total. The fourth-order valence-electron chi connectivity index (χ4n) is 3.50. The zero-order chi connectivity index (χ0) is 20.6. The van der Waals surface area contributed by atoms with Gasteiger partial charge >= 0.3 is 0 Å². The number of anilines is 1. The first-order valence-electron chi connectivity index (χ1n) is 9.88. The maximum atomic E-state index is 12.4. The van der Waals surface area contributed by atoms with Crippen LogP contribution in [0.3, 0.4) is 0 Å². The van der Waals surface area contributed by atoms with Gasteiger partial charge in [-0.2, -0.15) is 5.26 Å². The van der Waals surface area contributed by atoms with Crippen LogP contribution in [-0.4, -0.2) is 54.2 Å². The maximum absolute atomic E-state index is 12.4. The number of rotatable bonds is 6. The van der Waals surface area contributed by atoms with Gasteiger partial charge in [0.25, 0.3) is 0 Å². The monoisotopic (exact) mass is 390 g/mol. The normalized spacial score (nSPS) is 15.3. The van der Waals surface area contributed by atoms with Gasteiger partial charge in [0.05, 0.1) is 18.2 Å². The van der Waals surface area contributed by atoms with Crippen LogP contribution in [0.15, 0.2) is 48.5 Å². The lowest BCUT2D eigenvalue weighted by Gasteiger charge is -2.21. The molecule has 29 heavy (non-hydrogen) atoms. The van der Waals surface area contributed by atoms with E-state index in [0.717, 1.165) is 39.1 Å². The van der Waals surface area contributed by atoms with Crippen LogP contribution in [-0.2, 0) is 11.3 Å². The molecule has 6 heteroatoms. The van der Waals surface area contributed by atoms with E-state index in [9.17, 15) is 9.59 Å². The number of nitrogens with zero attached hydrogens (tertiary/aromatic N) is 3. The standard InChI is InChI=1S/C23H26N4O2/c1-18(28)21-4-2-5-22(14-21)25-23(29)17-27-11-3-10-26(12-13-27)16-20-8-6-19(15-24)7-9-20/h2,4-9,14H,3,10-13,16-17H2,1H3,(H,25,29). The molecule has 2 aromatic carbocycles. The Labute approximate surface area is 171 Å². The molecular weight excluding hydrogens is 364 g/mol. The van der Waals surface area contributed by atoms with E-state index in [4.69, 9.17) is 5.26 Å². The molecular formula is C23H26N4O2. The summed E-state index contributed by atoms with van der Waals surface area (Å²) >= 11 is 0. The summed E-state index contributed by atoms with van der Waals surface area (Å²) in [4.78, 5) is 28.5. The van der Waals surface area contributed by atoms with Gasteiger partial charge in [0.2, 0.25) is 5.91 Å². The highest BCUT2D eigenvalue weighted by atomic mass is 16.2. The van der Waals surface area contributed by atoms with E-state index in [1.807, 2.05) is 24.3 Å². The van der Waals surface area contributed by atoms with Crippen molar-refractivity contribution in [1.82, 2.24) is 9.80 Å². The van der Waals surface area contributed by atoms with E-state index in [1.165, 1.54) is 12.5 Å². The molecule has 2 aromatic rings. The minimum atomic E-state index is -0.0637. The predicted octanol–water partition coefficient (Wildman–Crippen LogP) is 2.91. The van der Waals surface area contributed by atoms with E-state index in [0.29, 0.717) is 23.4 Å². The maximum Gasteiger partial charge on any atom is 0.238 e. The third-order valence-electron chi connectivity index (χ3n) is 5.09. The van der Waals surface area contributed by atoms with Crippen LogP contribution in [0.2, 0.25) is 0 Å². The Morgan fingerprint density at radius 1 is 1.03 bits per heavy atom. The van der Waals surface area contributed by atoms with E-state index in [-0.39, 0.29) is 11.7 Å². The number of benzene rings is 2. The zero-order valence-electron chi connectivity index (χ0n) is 16.7. The third-order valence-corrected chi connectivity index (χ3v) is 5.09. The molecule has 1 fully saturated rings. The van der Waals surface area contributed by atoms with Crippen LogP contribution >= 0.6 is 0 Å². The fourth-order valence-corrected chi connectivity index (χ4v) is 3.50. The molecule has 1 heterocycles. The van der Waals surface area contributed by atoms with E-state index >= 15 is 0 Å². The molecule has 1 amide bonds. The summed E-state index contributed by atoms with van der Waals surface area (Å²) in [5.74, 6) is -0.0813. The van der Waals surface area contributed by atoms with Crippen LogP contribution in [0, 0.1) is 11.3 Å². The van der Waals surface area contributed by atoms with Gasteiger partial charge in [-0.05, 0) is 56.3 Å². The Bertz CT molecular complexity index is 902. The minimum absolute atomic E-state index is 0.0176. The smallest absolute Gasteiger partial charge is 0.238 e. The average Bonchev–Trinajstić information content (AvgIpc) is 2.93. The highest BCUT2D eigenvalue weighted by molar-refractivity contribution is 5.97. The number of hydrogen-bond donors (Lipinski definition) is 1. The van der Waals surface area contributed by atoms with Crippen molar-refractivity contribution in [2.45, 2.75) is 19.9 Å². The molecule has 1 saturated heterocycles. The molecule has 0 atom stereocenters. The lowest BCUT2D eigenvalue weighted by molar-refractivity contribution is -0.117. The topological polar surface area (TPSA) is 76.4 Å². The van der Waals surface area contributed by atoms with Crippen LogP contribution in [0.5, 0.6) is 0 Å². The van der Waals surface area contributed by atoms with E-state index in [2.05, 4.69) is 21.2 Å². The average molecular weight is 390 g/mol. The van der Waals surface area contributed by atoms with Crippen molar-refractivity contribution < 1.29 is 9.59 Å². The van der Waals surface area contributed by atoms with Gasteiger partial charge in [0.1, 0.15) is 0 Å². The second-order valence-electron chi connectivity index (χ2n) is 7.40. The first-order valence-corrected chi connectivity index (χ1v) is 9.88. The van der Waals surface area contributed by atoms with Crippen molar-refractivity contribution in [1.29, 1.82) is 5.26 Å². The summed E-state index contributed by atoms with van der Waals surface area (Å²) in [5.41, 5.74) is 3.12. The summed E-state index contributed by atoms with van der Waals surface area (Å²) < 4.78 is 0. The molecule has 1 aliphatic heterocycles. The Morgan fingerprint density at radius 3 is 2.48 bits per heavy atom. The van der Waals surface area contributed by atoms with Gasteiger partial charge in [-0.25, -0.2) is 0 Å². The highest BCUT2D eigenvalue weighted by Crippen LogP contribution is 2.13. The molecule has 1 aliphatic rings. The second kappa shape index (κ2) is 9.97. The van der Waals surface area contributed by atoms with E-state index < -0.39 is 0 Å². The van der Waals surface area contributed by atoms with Crippen molar-refractivity contribution in [3.63, 3.8) is 0 Å². The summed E-state index contributed by atoms with van der Waals surface area (Å²) in [6.07, 6.45) is 1.00.